The molecule has 5 unspecified atom stereocenters. The number of fused-ring (bicyclic) bond motifs is 2. The van der Waals surface area contributed by atoms with Gasteiger partial charge in [-0.25, -0.2) is 13.2 Å². The van der Waals surface area contributed by atoms with Gasteiger partial charge in [0.2, 0.25) is 10.0 Å². The molecule has 3 fully saturated rings. The van der Waals surface area contributed by atoms with Gasteiger partial charge in [0.1, 0.15) is 6.10 Å². The highest BCUT2D eigenvalue weighted by molar-refractivity contribution is 7.89. The van der Waals surface area contributed by atoms with Crippen molar-refractivity contribution < 1.29 is 32.5 Å². The van der Waals surface area contributed by atoms with Gasteiger partial charge in [-0.15, -0.1) is 0 Å². The summed E-state index contributed by atoms with van der Waals surface area (Å²) in [5.74, 6) is 0.409. The molecule has 11 heteroatoms. The van der Waals surface area contributed by atoms with Crippen molar-refractivity contribution in [2.45, 2.75) is 68.6 Å². The zero-order valence-corrected chi connectivity index (χ0v) is 23.7. The molecule has 218 valence electrons. The molecule has 2 aliphatic heterocycles. The predicted molar refractivity (Wildman–Crippen MR) is 149 cm³/mol. The second kappa shape index (κ2) is 12.0. The predicted octanol–water partition coefficient (Wildman–Crippen LogP) is 2.76. The van der Waals surface area contributed by atoms with Crippen molar-refractivity contribution in [3.63, 3.8) is 0 Å². The SMILES string of the molecule is CC(C)CN(C[C@@H](O)[C@H](Cc1ccccc1)NC(=O)OC1C2COC3OC1CC3C2)S(=O)(=O)c1ccc(N)cc1. The third-order valence-electron chi connectivity index (χ3n) is 7.93. The maximum absolute atomic E-state index is 13.6. The molecule has 2 saturated heterocycles. The van der Waals surface area contributed by atoms with Crippen LogP contribution in [0.15, 0.2) is 59.5 Å². The number of nitrogens with zero attached hydrogens (tertiary/aromatic N) is 1. The van der Waals surface area contributed by atoms with Gasteiger partial charge in [-0.05, 0) is 55.0 Å². The van der Waals surface area contributed by atoms with Gasteiger partial charge in [0.05, 0.1) is 29.8 Å². The molecule has 4 N–H and O–H groups in total. The van der Waals surface area contributed by atoms with E-state index in [2.05, 4.69) is 5.32 Å². The number of ether oxygens (including phenoxy) is 3. The lowest BCUT2D eigenvalue weighted by Crippen LogP contribution is -2.53. The number of aliphatic hydroxyl groups excluding tert-OH is 1. The Morgan fingerprint density at radius 1 is 1.10 bits per heavy atom. The van der Waals surface area contributed by atoms with E-state index in [0.29, 0.717) is 18.2 Å². The molecule has 10 nitrogen and oxygen atoms in total. The number of rotatable bonds is 11. The van der Waals surface area contributed by atoms with Crippen LogP contribution in [0.1, 0.15) is 32.3 Å². The topological polar surface area (TPSA) is 140 Å². The summed E-state index contributed by atoms with van der Waals surface area (Å²) >= 11 is 0. The minimum Gasteiger partial charge on any atom is -0.443 e. The van der Waals surface area contributed by atoms with E-state index in [1.165, 1.54) is 28.6 Å². The zero-order chi connectivity index (χ0) is 28.4. The number of carbonyl (C=O) groups is 1. The molecular weight excluding hydrogens is 534 g/mol. The number of nitrogens with one attached hydrogen (secondary N) is 1. The van der Waals surface area contributed by atoms with Crippen molar-refractivity contribution in [1.29, 1.82) is 0 Å². The van der Waals surface area contributed by atoms with Crippen LogP contribution < -0.4 is 11.1 Å². The summed E-state index contributed by atoms with van der Waals surface area (Å²) in [5.41, 5.74) is 7.10. The molecule has 0 spiro atoms. The van der Waals surface area contributed by atoms with Crippen LogP contribution in [0.5, 0.6) is 0 Å². The summed E-state index contributed by atoms with van der Waals surface area (Å²) in [4.78, 5) is 13.3. The molecule has 0 radical (unpaired) electrons. The Labute approximate surface area is 235 Å². The molecule has 1 saturated carbocycles. The number of amides is 1. The van der Waals surface area contributed by atoms with Crippen LogP contribution in [0.2, 0.25) is 0 Å². The summed E-state index contributed by atoms with van der Waals surface area (Å²) in [5, 5.41) is 14.3. The van der Waals surface area contributed by atoms with Gasteiger partial charge >= 0.3 is 6.09 Å². The summed E-state index contributed by atoms with van der Waals surface area (Å²) in [6.07, 6.45) is -0.763. The minimum absolute atomic E-state index is 0.000232. The first kappa shape index (κ1) is 28.8. The Balaban J connectivity index is 1.32. The van der Waals surface area contributed by atoms with Gasteiger partial charge < -0.3 is 30.4 Å². The van der Waals surface area contributed by atoms with Gasteiger partial charge in [0.15, 0.2) is 6.29 Å². The molecule has 0 aromatic heterocycles. The number of nitrogen functional groups attached to an aromatic ring is 1. The molecule has 3 bridgehead atoms. The molecular formula is C29H39N3O7S. The summed E-state index contributed by atoms with van der Waals surface area (Å²) in [6, 6.07) is 14.6. The average Bonchev–Trinajstić information content (AvgIpc) is 3.21. The largest absolute Gasteiger partial charge is 0.443 e. The fourth-order valence-corrected chi connectivity index (χ4v) is 7.61. The normalized spacial score (nSPS) is 27.1. The number of anilines is 1. The Bertz CT molecular complexity index is 1250. The second-order valence-electron chi connectivity index (χ2n) is 11.5. The molecule has 1 amide bonds. The summed E-state index contributed by atoms with van der Waals surface area (Å²) < 4.78 is 46.0. The molecule has 5 rings (SSSR count). The number of sulfonamides is 1. The van der Waals surface area contributed by atoms with Crippen LogP contribution in [0.25, 0.3) is 0 Å². The minimum atomic E-state index is -3.93. The van der Waals surface area contributed by atoms with Gasteiger partial charge in [0, 0.05) is 30.6 Å². The third kappa shape index (κ3) is 6.44. The van der Waals surface area contributed by atoms with Gasteiger partial charge in [-0.2, -0.15) is 4.31 Å². The van der Waals surface area contributed by atoms with Crippen LogP contribution in [0.4, 0.5) is 10.5 Å². The number of aliphatic hydroxyl groups is 1. The van der Waals surface area contributed by atoms with E-state index < -0.39 is 34.4 Å². The van der Waals surface area contributed by atoms with Crippen molar-refractivity contribution in [3.8, 4) is 0 Å². The van der Waals surface area contributed by atoms with Crippen LogP contribution in [-0.2, 0) is 30.7 Å². The quantitative estimate of drug-likeness (QED) is 0.349. The molecule has 3 aliphatic rings. The molecule has 7 atom stereocenters. The molecule has 2 aromatic rings. The molecule has 40 heavy (non-hydrogen) atoms. The first-order valence-corrected chi connectivity index (χ1v) is 15.4. The molecule has 2 aromatic carbocycles. The molecule has 2 heterocycles. The highest BCUT2D eigenvalue weighted by Gasteiger charge is 2.53. The monoisotopic (exact) mass is 573 g/mol. The van der Waals surface area contributed by atoms with E-state index in [1.807, 2.05) is 44.2 Å². The maximum atomic E-state index is 13.6. The Morgan fingerprint density at radius 2 is 1.82 bits per heavy atom. The van der Waals surface area contributed by atoms with E-state index in [0.717, 1.165) is 18.4 Å². The fraction of sp³-hybridized carbons (Fsp3) is 0.552. The lowest BCUT2D eigenvalue weighted by Gasteiger charge is -2.37. The maximum Gasteiger partial charge on any atom is 0.407 e. The van der Waals surface area contributed by atoms with Crippen LogP contribution in [-0.4, -0.2) is 74.3 Å². The van der Waals surface area contributed by atoms with Gasteiger partial charge in [-0.3, -0.25) is 0 Å². The van der Waals surface area contributed by atoms with Crippen molar-refractivity contribution in [3.05, 3.63) is 60.2 Å². The number of hydrogen-bond donors (Lipinski definition) is 3. The van der Waals surface area contributed by atoms with E-state index in [4.69, 9.17) is 19.9 Å². The number of alkyl carbamates (subject to hydrolysis) is 1. The lowest BCUT2D eigenvalue weighted by atomic mass is 9.78. The summed E-state index contributed by atoms with van der Waals surface area (Å²) in [6.45, 7) is 4.28. The van der Waals surface area contributed by atoms with Crippen LogP contribution >= 0.6 is 0 Å². The second-order valence-corrected chi connectivity index (χ2v) is 13.5. The highest BCUT2D eigenvalue weighted by Crippen LogP contribution is 2.46. The van der Waals surface area contributed by atoms with Crippen molar-refractivity contribution >= 4 is 21.8 Å². The van der Waals surface area contributed by atoms with Gasteiger partial charge in [-0.1, -0.05) is 44.2 Å². The van der Waals surface area contributed by atoms with E-state index >= 15 is 0 Å². The fourth-order valence-electron chi connectivity index (χ4n) is 5.99. The average molecular weight is 574 g/mol. The van der Waals surface area contributed by atoms with Crippen LogP contribution in [0.3, 0.4) is 0 Å². The Kier molecular flexibility index (Phi) is 8.67. The standard InChI is InChI=1S/C29H39N3O7S/c1-18(2)15-32(40(35,36)23-10-8-22(30)9-11-23)16-25(33)24(12-19-6-4-3-5-7-19)31-29(34)39-27-21-13-20-14-26(27)38-28(20)37-17-21/h3-11,18,20-21,24-28,33H,12-17,30H2,1-2H3,(H,31,34)/t20?,21?,24-,25+,26?,27?,28?/m0/s1. The number of benzene rings is 2. The Hall–Kier alpha value is -2.70. The van der Waals surface area contributed by atoms with E-state index in [9.17, 15) is 18.3 Å². The van der Waals surface area contributed by atoms with E-state index in [-0.39, 0.29) is 48.6 Å². The number of hydrogen-bond acceptors (Lipinski definition) is 8. The first-order chi connectivity index (χ1) is 19.1. The Morgan fingerprint density at radius 3 is 2.52 bits per heavy atom. The smallest absolute Gasteiger partial charge is 0.407 e. The molecule has 1 aliphatic carbocycles. The lowest BCUT2D eigenvalue weighted by molar-refractivity contribution is -0.153. The van der Waals surface area contributed by atoms with Gasteiger partial charge in [0.25, 0.3) is 0 Å². The van der Waals surface area contributed by atoms with Crippen molar-refractivity contribution in [2.24, 2.45) is 17.8 Å². The summed E-state index contributed by atoms with van der Waals surface area (Å²) in [7, 11) is -3.93. The third-order valence-corrected chi connectivity index (χ3v) is 9.77. The van der Waals surface area contributed by atoms with E-state index in [1.54, 1.807) is 0 Å². The van der Waals surface area contributed by atoms with Crippen LogP contribution in [0, 0.1) is 17.8 Å². The highest BCUT2D eigenvalue weighted by atomic mass is 32.2. The van der Waals surface area contributed by atoms with Crippen molar-refractivity contribution in [1.82, 2.24) is 9.62 Å². The first-order valence-electron chi connectivity index (χ1n) is 13.9. The number of carbonyl (C=O) groups excluding carboxylic acids is 1. The number of nitrogens with two attached hydrogens (primary N) is 1. The van der Waals surface area contributed by atoms with Crippen molar-refractivity contribution in [2.75, 3.05) is 25.4 Å². The zero-order valence-electron chi connectivity index (χ0n) is 22.9.